The van der Waals surface area contributed by atoms with Gasteiger partial charge in [0.1, 0.15) is 0 Å². The highest BCUT2D eigenvalue weighted by Gasteiger charge is 1.94. The maximum absolute atomic E-state index is 5.46. The highest BCUT2D eigenvalue weighted by atomic mass is 16.5. The van der Waals surface area contributed by atoms with E-state index in [1.165, 1.54) is 5.56 Å². The van der Waals surface area contributed by atoms with Gasteiger partial charge in [0.25, 0.3) is 0 Å². The fourth-order valence-corrected chi connectivity index (χ4v) is 0.933. The van der Waals surface area contributed by atoms with Crippen molar-refractivity contribution in [1.82, 2.24) is 0 Å². The van der Waals surface area contributed by atoms with E-state index in [1.54, 1.807) is 0 Å². The minimum Gasteiger partial charge on any atom is -0.377 e. The molecule has 12 heavy (non-hydrogen) atoms. The van der Waals surface area contributed by atoms with Crippen LogP contribution in [0, 0.1) is 12.0 Å². The summed E-state index contributed by atoms with van der Waals surface area (Å²) in [6.45, 7) is 5.83. The number of hydrogen-bond donors (Lipinski definition) is 0. The first kappa shape index (κ1) is 9.27. The summed E-state index contributed by atoms with van der Waals surface area (Å²) in [6.07, 6.45) is 0. The predicted molar refractivity (Wildman–Crippen MR) is 49.8 cm³/mol. The number of benzene rings is 1. The lowest BCUT2D eigenvalue weighted by Gasteiger charge is -2.05. The number of rotatable bonds is 4. The summed E-state index contributed by atoms with van der Waals surface area (Å²) in [6, 6.07) is 10.9. The van der Waals surface area contributed by atoms with Crippen LogP contribution in [0.4, 0.5) is 0 Å². The van der Waals surface area contributed by atoms with Crippen LogP contribution in [0.5, 0.6) is 0 Å². The minimum atomic E-state index is 0.609. The average Bonchev–Trinajstić information content (AvgIpc) is 2.05. The van der Waals surface area contributed by atoms with Crippen LogP contribution in [0.15, 0.2) is 24.3 Å². The van der Waals surface area contributed by atoms with Gasteiger partial charge in [0.2, 0.25) is 0 Å². The molecular formula is C11H15O. The second-order valence-corrected chi connectivity index (χ2v) is 3.32. The third-order valence-electron chi connectivity index (χ3n) is 1.49. The molecule has 0 heterocycles. The SMILES string of the molecule is CC(C)COCc1c[c]ccc1. The van der Waals surface area contributed by atoms with Crippen molar-refractivity contribution < 1.29 is 4.74 Å². The smallest absolute Gasteiger partial charge is 0.0717 e. The molecule has 0 aromatic heterocycles. The van der Waals surface area contributed by atoms with E-state index < -0.39 is 0 Å². The highest BCUT2D eigenvalue weighted by molar-refractivity contribution is 5.12. The second-order valence-electron chi connectivity index (χ2n) is 3.32. The zero-order chi connectivity index (χ0) is 8.81. The molecule has 1 aromatic rings. The number of ether oxygens (including phenoxy) is 1. The van der Waals surface area contributed by atoms with Crippen molar-refractivity contribution in [1.29, 1.82) is 0 Å². The molecule has 0 atom stereocenters. The fourth-order valence-electron chi connectivity index (χ4n) is 0.933. The molecular weight excluding hydrogens is 148 g/mol. The Bertz CT molecular complexity index is 204. The summed E-state index contributed by atoms with van der Waals surface area (Å²) in [7, 11) is 0. The van der Waals surface area contributed by atoms with Crippen LogP contribution < -0.4 is 0 Å². The Kier molecular flexibility index (Phi) is 3.81. The monoisotopic (exact) mass is 163 g/mol. The molecule has 1 rings (SSSR count). The van der Waals surface area contributed by atoms with Gasteiger partial charge in [0.05, 0.1) is 6.61 Å². The molecule has 0 spiro atoms. The summed E-state index contributed by atoms with van der Waals surface area (Å²) in [5.41, 5.74) is 1.19. The lowest BCUT2D eigenvalue weighted by atomic mass is 10.2. The maximum atomic E-state index is 5.46. The zero-order valence-corrected chi connectivity index (χ0v) is 7.71. The van der Waals surface area contributed by atoms with Crippen LogP contribution in [-0.4, -0.2) is 6.61 Å². The third-order valence-corrected chi connectivity index (χ3v) is 1.49. The second kappa shape index (κ2) is 4.94. The van der Waals surface area contributed by atoms with Crippen LogP contribution >= 0.6 is 0 Å². The molecule has 0 saturated heterocycles. The fraction of sp³-hybridized carbons (Fsp3) is 0.455. The van der Waals surface area contributed by atoms with Gasteiger partial charge >= 0.3 is 0 Å². The molecule has 0 aliphatic heterocycles. The largest absolute Gasteiger partial charge is 0.377 e. The quantitative estimate of drug-likeness (QED) is 0.663. The van der Waals surface area contributed by atoms with Crippen LogP contribution in [-0.2, 0) is 11.3 Å². The first-order valence-corrected chi connectivity index (χ1v) is 4.32. The van der Waals surface area contributed by atoms with Gasteiger partial charge in [-0.2, -0.15) is 0 Å². The van der Waals surface area contributed by atoms with Gasteiger partial charge in [-0.25, -0.2) is 0 Å². The van der Waals surface area contributed by atoms with Crippen molar-refractivity contribution in [2.24, 2.45) is 5.92 Å². The molecule has 0 saturated carbocycles. The van der Waals surface area contributed by atoms with Crippen LogP contribution in [0.1, 0.15) is 19.4 Å². The first-order valence-electron chi connectivity index (χ1n) is 4.32. The molecule has 1 nitrogen and oxygen atoms in total. The Morgan fingerprint density at radius 3 is 2.92 bits per heavy atom. The standard InChI is InChI=1S/C11H15O/c1-10(2)8-12-9-11-6-4-3-5-7-11/h3-4,6-7,10H,8-9H2,1-2H3. The summed E-state index contributed by atoms with van der Waals surface area (Å²) in [4.78, 5) is 0. The molecule has 0 aliphatic carbocycles. The van der Waals surface area contributed by atoms with Crippen molar-refractivity contribution in [2.75, 3.05) is 6.61 Å². The lowest BCUT2D eigenvalue weighted by Crippen LogP contribution is -2.01. The van der Waals surface area contributed by atoms with Gasteiger partial charge in [-0.3, -0.25) is 0 Å². The Morgan fingerprint density at radius 2 is 2.33 bits per heavy atom. The minimum absolute atomic E-state index is 0.609. The molecule has 0 aliphatic rings. The molecule has 65 valence electrons. The third kappa shape index (κ3) is 3.54. The van der Waals surface area contributed by atoms with Crippen molar-refractivity contribution in [3.8, 4) is 0 Å². The first-order chi connectivity index (χ1) is 5.79. The summed E-state index contributed by atoms with van der Waals surface area (Å²) in [5, 5.41) is 0. The van der Waals surface area contributed by atoms with Crippen LogP contribution in [0.25, 0.3) is 0 Å². The van der Waals surface area contributed by atoms with E-state index in [4.69, 9.17) is 4.74 Å². The summed E-state index contributed by atoms with van der Waals surface area (Å²) in [5.74, 6) is 0.609. The van der Waals surface area contributed by atoms with Crippen molar-refractivity contribution in [3.05, 3.63) is 35.9 Å². The molecule has 0 unspecified atom stereocenters. The molecule has 0 fully saturated rings. The van der Waals surface area contributed by atoms with Gasteiger partial charge in [-0.05, 0) is 23.6 Å². The van der Waals surface area contributed by atoms with E-state index in [1.807, 2.05) is 18.2 Å². The number of hydrogen-bond acceptors (Lipinski definition) is 1. The average molecular weight is 163 g/mol. The Labute approximate surface area is 74.4 Å². The van der Waals surface area contributed by atoms with Gasteiger partial charge in [0.15, 0.2) is 0 Å². The van der Waals surface area contributed by atoms with E-state index in [-0.39, 0.29) is 0 Å². The molecule has 0 bridgehead atoms. The summed E-state index contributed by atoms with van der Waals surface area (Å²) < 4.78 is 5.46. The maximum Gasteiger partial charge on any atom is 0.0717 e. The van der Waals surface area contributed by atoms with Crippen LogP contribution in [0.3, 0.4) is 0 Å². The predicted octanol–water partition coefficient (Wildman–Crippen LogP) is 2.66. The van der Waals surface area contributed by atoms with Crippen LogP contribution in [0.2, 0.25) is 0 Å². The zero-order valence-electron chi connectivity index (χ0n) is 7.71. The van der Waals surface area contributed by atoms with Crippen molar-refractivity contribution >= 4 is 0 Å². The van der Waals surface area contributed by atoms with Gasteiger partial charge in [-0.1, -0.05) is 32.0 Å². The molecule has 1 heteroatoms. The lowest BCUT2D eigenvalue weighted by molar-refractivity contribution is 0.0971. The topological polar surface area (TPSA) is 9.23 Å². The van der Waals surface area contributed by atoms with Crippen molar-refractivity contribution in [3.63, 3.8) is 0 Å². The molecule has 0 amide bonds. The molecule has 1 radical (unpaired) electrons. The van der Waals surface area contributed by atoms with E-state index in [0.29, 0.717) is 12.5 Å². The van der Waals surface area contributed by atoms with Crippen molar-refractivity contribution in [2.45, 2.75) is 20.5 Å². The van der Waals surface area contributed by atoms with Gasteiger partial charge in [0, 0.05) is 6.61 Å². The van der Waals surface area contributed by atoms with E-state index in [0.717, 1.165) is 6.61 Å². The van der Waals surface area contributed by atoms with Gasteiger partial charge in [-0.15, -0.1) is 0 Å². The van der Waals surface area contributed by atoms with E-state index in [9.17, 15) is 0 Å². The highest BCUT2D eigenvalue weighted by Crippen LogP contribution is 2.01. The molecule has 1 aromatic carbocycles. The molecule has 0 N–H and O–H groups in total. The normalized spacial score (nSPS) is 10.6. The van der Waals surface area contributed by atoms with E-state index >= 15 is 0 Å². The Morgan fingerprint density at radius 1 is 1.50 bits per heavy atom. The van der Waals surface area contributed by atoms with Gasteiger partial charge < -0.3 is 4.74 Å². The Hall–Kier alpha value is -0.820. The Balaban J connectivity index is 2.25. The summed E-state index contributed by atoms with van der Waals surface area (Å²) >= 11 is 0. The van der Waals surface area contributed by atoms with E-state index in [2.05, 4.69) is 26.0 Å².